The number of halogens is 1. The minimum Gasteiger partial charge on any atom is -0.453 e. The quantitative estimate of drug-likeness (QED) is 0.0750. The van der Waals surface area contributed by atoms with E-state index < -0.39 is 13.0 Å². The van der Waals surface area contributed by atoms with Crippen LogP contribution in [0, 0.1) is 5.82 Å². The molecule has 0 saturated carbocycles. The lowest BCUT2D eigenvalue weighted by Gasteiger charge is -2.10. The van der Waals surface area contributed by atoms with Crippen LogP contribution in [-0.4, -0.2) is 62.1 Å². The highest BCUT2D eigenvalue weighted by atomic mass is 32.1. The number of pyridine rings is 2. The van der Waals surface area contributed by atoms with Crippen molar-refractivity contribution >= 4 is 39.8 Å². The van der Waals surface area contributed by atoms with Crippen molar-refractivity contribution in [3.63, 3.8) is 0 Å². The molecule has 2 aromatic carbocycles. The monoisotopic (exact) mass is 689 g/mol. The Balaban J connectivity index is 1.16. The molecule has 1 N–H and O–H groups in total. The minimum atomic E-state index is -2.43. The molecule has 0 amide bonds. The number of fused-ring (bicyclic) bond motifs is 1. The van der Waals surface area contributed by atoms with Crippen LogP contribution in [0.5, 0.6) is 11.5 Å². The van der Waals surface area contributed by atoms with Gasteiger partial charge in [0.2, 0.25) is 0 Å². The van der Waals surface area contributed by atoms with E-state index in [4.69, 9.17) is 14.2 Å². The number of thiophene rings is 1. The number of nitrogens with one attached hydrogen (secondary N) is 1. The Morgan fingerprint density at radius 1 is 0.875 bits per heavy atom. The number of ether oxygens (including phenoxy) is 3. The molecule has 0 aliphatic heterocycles. The SMILES string of the molecule is CCCOCCOCCNCc1ccc(-c2cc3nccc(Oc4ccc(CC(=O)Cc5cccc(P(C)(C)=O)c5)cc4F)c3s2)nc1. The van der Waals surface area contributed by atoms with E-state index in [-0.39, 0.29) is 24.4 Å². The van der Waals surface area contributed by atoms with Crippen molar-refractivity contribution in [2.45, 2.75) is 32.7 Å². The second kappa shape index (κ2) is 17.0. The first-order chi connectivity index (χ1) is 23.2. The lowest BCUT2D eigenvalue weighted by molar-refractivity contribution is -0.117. The molecule has 0 fully saturated rings. The van der Waals surface area contributed by atoms with Gasteiger partial charge in [0.1, 0.15) is 18.7 Å². The molecule has 48 heavy (non-hydrogen) atoms. The lowest BCUT2D eigenvalue weighted by atomic mass is 10.0. The van der Waals surface area contributed by atoms with E-state index in [1.807, 2.05) is 48.7 Å². The van der Waals surface area contributed by atoms with Crippen LogP contribution >= 0.6 is 18.5 Å². The van der Waals surface area contributed by atoms with Crippen molar-refractivity contribution in [1.82, 2.24) is 15.3 Å². The zero-order valence-electron chi connectivity index (χ0n) is 27.5. The van der Waals surface area contributed by atoms with Gasteiger partial charge in [-0.25, -0.2) is 4.39 Å². The number of nitrogens with zero attached hydrogens (tertiary/aromatic N) is 2. The number of rotatable bonds is 18. The molecule has 8 nitrogen and oxygen atoms in total. The molecular weight excluding hydrogens is 648 g/mol. The van der Waals surface area contributed by atoms with Gasteiger partial charge in [-0.2, -0.15) is 0 Å². The predicted molar refractivity (Wildman–Crippen MR) is 191 cm³/mol. The molecule has 5 rings (SSSR count). The molecule has 3 heterocycles. The highest BCUT2D eigenvalue weighted by Gasteiger charge is 2.16. The van der Waals surface area contributed by atoms with Crippen molar-refractivity contribution in [1.29, 1.82) is 0 Å². The van der Waals surface area contributed by atoms with Crippen LogP contribution in [0.25, 0.3) is 20.8 Å². The van der Waals surface area contributed by atoms with Crippen LogP contribution in [0.4, 0.5) is 4.39 Å². The van der Waals surface area contributed by atoms with Crippen LogP contribution < -0.4 is 15.4 Å². The fourth-order valence-corrected chi connectivity index (χ4v) is 6.98. The third-order valence-electron chi connectivity index (χ3n) is 7.48. The van der Waals surface area contributed by atoms with Crippen LogP contribution in [0.1, 0.15) is 30.0 Å². The smallest absolute Gasteiger partial charge is 0.166 e. The normalized spacial score (nSPS) is 11.7. The second-order valence-electron chi connectivity index (χ2n) is 11.9. The van der Waals surface area contributed by atoms with E-state index in [1.54, 1.807) is 37.7 Å². The number of aromatic nitrogens is 2. The fraction of sp³-hybridized carbons (Fsp3) is 0.324. The molecule has 0 bridgehead atoms. The molecule has 11 heteroatoms. The van der Waals surface area contributed by atoms with Crippen molar-refractivity contribution in [2.24, 2.45) is 0 Å². The van der Waals surface area contributed by atoms with Gasteiger partial charge >= 0.3 is 0 Å². The molecule has 5 aromatic rings. The van der Waals surface area contributed by atoms with Crippen LogP contribution in [0.3, 0.4) is 0 Å². The van der Waals surface area contributed by atoms with Gasteiger partial charge in [0.15, 0.2) is 11.6 Å². The first kappa shape index (κ1) is 35.5. The van der Waals surface area contributed by atoms with Gasteiger partial charge in [-0.05, 0) is 66.8 Å². The third-order valence-corrected chi connectivity index (χ3v) is 10.2. The number of benzene rings is 2. The third kappa shape index (κ3) is 10.1. The summed E-state index contributed by atoms with van der Waals surface area (Å²) in [5.41, 5.74) is 3.96. The molecule has 252 valence electrons. The summed E-state index contributed by atoms with van der Waals surface area (Å²) in [4.78, 5) is 22.8. The molecule has 0 aliphatic rings. The summed E-state index contributed by atoms with van der Waals surface area (Å²) in [6, 6.07) is 19.6. The first-order valence-corrected chi connectivity index (χ1v) is 19.4. The first-order valence-electron chi connectivity index (χ1n) is 16.0. The Kier molecular flexibility index (Phi) is 12.6. The molecule has 0 atom stereocenters. The Labute approximate surface area is 285 Å². The highest BCUT2D eigenvalue weighted by Crippen LogP contribution is 2.39. The summed E-state index contributed by atoms with van der Waals surface area (Å²) >= 11 is 1.48. The largest absolute Gasteiger partial charge is 0.453 e. The standard InChI is InChI=1S/C37H41FN3O5PS/c1-4-15-44-17-18-45-16-14-39-24-28-8-10-32(41-25-28)36-23-33-37(48-36)35(12-13-40-33)46-34-11-9-27(22-31(34)38)20-29(42)19-26-6-5-7-30(21-26)47(2,3)43/h5-13,21-23,25,39H,4,14-20,24H2,1-3H3. The molecule has 0 unspecified atom stereocenters. The van der Waals surface area contributed by atoms with E-state index in [0.717, 1.165) is 56.8 Å². The number of hydrogen-bond acceptors (Lipinski definition) is 9. The van der Waals surface area contributed by atoms with Crippen molar-refractivity contribution in [3.8, 4) is 22.1 Å². The average Bonchev–Trinajstić information content (AvgIpc) is 3.51. The van der Waals surface area contributed by atoms with Crippen molar-refractivity contribution in [2.75, 3.05) is 46.3 Å². The van der Waals surface area contributed by atoms with Gasteiger partial charge in [-0.15, -0.1) is 11.3 Å². The topological polar surface area (TPSA) is 99.6 Å². The summed E-state index contributed by atoms with van der Waals surface area (Å²) in [6.07, 6.45) is 4.76. The Hall–Kier alpha value is -3.79. The number of carbonyl (C=O) groups excluding carboxylic acids is 1. The van der Waals surface area contributed by atoms with Gasteiger partial charge in [-0.3, -0.25) is 14.8 Å². The summed E-state index contributed by atoms with van der Waals surface area (Å²) < 4.78 is 45.4. The lowest BCUT2D eigenvalue weighted by Crippen LogP contribution is -2.20. The predicted octanol–water partition coefficient (Wildman–Crippen LogP) is 7.42. The van der Waals surface area contributed by atoms with Crippen LogP contribution in [0.2, 0.25) is 0 Å². The summed E-state index contributed by atoms with van der Waals surface area (Å²) in [6.45, 7) is 9.52. The van der Waals surface area contributed by atoms with E-state index in [9.17, 15) is 9.36 Å². The maximum Gasteiger partial charge on any atom is 0.166 e. The second-order valence-corrected chi connectivity index (χ2v) is 16.1. The molecule has 0 aliphatic carbocycles. The minimum absolute atomic E-state index is 0.0591. The van der Waals surface area contributed by atoms with E-state index in [1.165, 1.54) is 17.4 Å². The van der Waals surface area contributed by atoms with Crippen LogP contribution in [0.15, 0.2) is 79.1 Å². The van der Waals surface area contributed by atoms with Crippen molar-refractivity contribution in [3.05, 3.63) is 102 Å². The highest BCUT2D eigenvalue weighted by molar-refractivity contribution is 7.70. The number of carbonyl (C=O) groups is 1. The Bertz CT molecular complexity index is 1880. The fourth-order valence-electron chi connectivity index (χ4n) is 5.01. The number of ketones is 1. The zero-order chi connectivity index (χ0) is 33.9. The van der Waals surface area contributed by atoms with E-state index >= 15 is 4.39 Å². The number of Topliss-reactive ketones (excluding diaryl/α,β-unsaturated/α-hetero) is 1. The molecule has 3 aromatic heterocycles. The van der Waals surface area contributed by atoms with Gasteiger partial charge in [0.25, 0.3) is 0 Å². The van der Waals surface area contributed by atoms with Gasteiger partial charge in [0, 0.05) is 56.3 Å². The van der Waals surface area contributed by atoms with Crippen LogP contribution in [-0.2, 0) is 38.2 Å². The van der Waals surface area contributed by atoms with Gasteiger partial charge in [0.05, 0.1) is 40.6 Å². The molecular formula is C37H41FN3O5PS. The van der Waals surface area contributed by atoms with E-state index in [2.05, 4.69) is 22.2 Å². The summed E-state index contributed by atoms with van der Waals surface area (Å²) in [7, 11) is -2.43. The van der Waals surface area contributed by atoms with E-state index in [0.29, 0.717) is 37.7 Å². The zero-order valence-corrected chi connectivity index (χ0v) is 29.2. The maximum absolute atomic E-state index is 15.2. The maximum atomic E-state index is 15.2. The Morgan fingerprint density at radius 2 is 1.65 bits per heavy atom. The molecule has 0 radical (unpaired) electrons. The summed E-state index contributed by atoms with van der Waals surface area (Å²) in [5.74, 6) is -0.0624. The molecule has 0 saturated heterocycles. The van der Waals surface area contributed by atoms with Gasteiger partial charge < -0.3 is 24.1 Å². The van der Waals surface area contributed by atoms with Gasteiger partial charge in [-0.1, -0.05) is 37.3 Å². The Morgan fingerprint density at radius 3 is 2.38 bits per heavy atom. The number of hydrogen-bond donors (Lipinski definition) is 1. The molecule has 0 spiro atoms. The summed E-state index contributed by atoms with van der Waals surface area (Å²) in [5, 5.41) is 4.10. The van der Waals surface area contributed by atoms with Crippen molar-refractivity contribution < 1.29 is 28.0 Å². The average molecular weight is 690 g/mol.